The van der Waals surface area contributed by atoms with Crippen LogP contribution in [0.3, 0.4) is 0 Å². The Kier molecular flexibility index (Phi) is 3.87. The van der Waals surface area contributed by atoms with Crippen LogP contribution in [0.15, 0.2) is 36.4 Å². The molecule has 0 atom stereocenters. The molecule has 0 saturated carbocycles. The lowest BCUT2D eigenvalue weighted by atomic mass is 10.1. The second kappa shape index (κ2) is 5.97. The molecule has 2 aromatic carbocycles. The highest BCUT2D eigenvalue weighted by molar-refractivity contribution is 5.94. The normalized spacial score (nSPS) is 12.1. The summed E-state index contributed by atoms with van der Waals surface area (Å²) in [7, 11) is 1.55. The van der Waals surface area contributed by atoms with Crippen LogP contribution in [0.4, 0.5) is 0 Å². The third-order valence-corrected chi connectivity index (χ3v) is 3.40. The lowest BCUT2D eigenvalue weighted by Crippen LogP contribution is -2.00. The first-order valence-corrected chi connectivity index (χ1v) is 6.87. The Hall–Kier alpha value is -2.69. The first-order chi connectivity index (χ1) is 10.7. The minimum atomic E-state index is -0.0133. The van der Waals surface area contributed by atoms with Gasteiger partial charge in [-0.3, -0.25) is 4.79 Å². The quantitative estimate of drug-likeness (QED) is 0.794. The van der Waals surface area contributed by atoms with Gasteiger partial charge in [-0.2, -0.15) is 0 Å². The summed E-state index contributed by atoms with van der Waals surface area (Å²) < 4.78 is 21.7. The highest BCUT2D eigenvalue weighted by Gasteiger charge is 2.14. The van der Waals surface area contributed by atoms with Gasteiger partial charge in [0.1, 0.15) is 6.61 Å². The Labute approximate surface area is 128 Å². The minimum Gasteiger partial charge on any atom is -0.493 e. The zero-order chi connectivity index (χ0) is 15.5. The molecule has 0 bridgehead atoms. The van der Waals surface area contributed by atoms with Crippen LogP contribution in [0.25, 0.3) is 0 Å². The third-order valence-electron chi connectivity index (χ3n) is 3.40. The molecule has 0 aliphatic carbocycles. The van der Waals surface area contributed by atoms with Gasteiger partial charge in [0, 0.05) is 5.56 Å². The second-order valence-corrected chi connectivity index (χ2v) is 4.90. The van der Waals surface area contributed by atoms with Crippen LogP contribution in [-0.4, -0.2) is 19.7 Å². The van der Waals surface area contributed by atoms with Crippen LogP contribution >= 0.6 is 0 Å². The molecule has 3 rings (SSSR count). The van der Waals surface area contributed by atoms with Crippen LogP contribution in [0.1, 0.15) is 22.8 Å². The predicted molar refractivity (Wildman–Crippen MR) is 79.9 cm³/mol. The van der Waals surface area contributed by atoms with Gasteiger partial charge in [0.15, 0.2) is 28.8 Å². The van der Waals surface area contributed by atoms with Crippen LogP contribution in [0, 0.1) is 0 Å². The second-order valence-electron chi connectivity index (χ2n) is 4.90. The molecule has 114 valence electrons. The van der Waals surface area contributed by atoms with Crippen molar-refractivity contribution in [3.8, 4) is 23.0 Å². The molecular formula is C17H16O5. The summed E-state index contributed by atoms with van der Waals surface area (Å²) in [5.41, 5.74) is 1.55. The zero-order valence-corrected chi connectivity index (χ0v) is 12.4. The molecule has 5 heteroatoms. The van der Waals surface area contributed by atoms with E-state index in [1.54, 1.807) is 25.3 Å². The van der Waals surface area contributed by atoms with Gasteiger partial charge in [-0.05, 0) is 42.8 Å². The maximum absolute atomic E-state index is 11.4. The van der Waals surface area contributed by atoms with Crippen molar-refractivity contribution in [3.05, 3.63) is 47.5 Å². The van der Waals surface area contributed by atoms with E-state index in [1.165, 1.54) is 6.92 Å². The van der Waals surface area contributed by atoms with Crippen LogP contribution < -0.4 is 18.9 Å². The number of ketones is 1. The van der Waals surface area contributed by atoms with Crippen molar-refractivity contribution in [2.75, 3.05) is 13.9 Å². The van der Waals surface area contributed by atoms with Crippen molar-refractivity contribution in [2.45, 2.75) is 13.5 Å². The van der Waals surface area contributed by atoms with Gasteiger partial charge in [0.25, 0.3) is 0 Å². The number of benzene rings is 2. The molecule has 1 aliphatic heterocycles. The summed E-state index contributed by atoms with van der Waals surface area (Å²) in [5, 5.41) is 0. The van der Waals surface area contributed by atoms with Crippen LogP contribution in [0.2, 0.25) is 0 Å². The third kappa shape index (κ3) is 2.83. The highest BCUT2D eigenvalue weighted by Crippen LogP contribution is 2.33. The largest absolute Gasteiger partial charge is 0.493 e. The van der Waals surface area contributed by atoms with Gasteiger partial charge < -0.3 is 18.9 Å². The van der Waals surface area contributed by atoms with E-state index >= 15 is 0 Å². The number of hydrogen-bond acceptors (Lipinski definition) is 5. The molecule has 1 heterocycles. The first kappa shape index (κ1) is 14.3. The molecule has 22 heavy (non-hydrogen) atoms. The molecule has 0 spiro atoms. The molecule has 1 aliphatic rings. The smallest absolute Gasteiger partial charge is 0.231 e. The molecule has 0 radical (unpaired) electrons. The number of rotatable bonds is 5. The van der Waals surface area contributed by atoms with Gasteiger partial charge in [-0.15, -0.1) is 0 Å². The molecule has 0 aromatic heterocycles. The SMILES string of the molecule is COc1cc(C(C)=O)ccc1OCc1ccc2c(c1)OCO2. The van der Waals surface area contributed by atoms with Crippen molar-refractivity contribution in [1.29, 1.82) is 0 Å². The average molecular weight is 300 g/mol. The fraction of sp³-hybridized carbons (Fsp3) is 0.235. The van der Waals surface area contributed by atoms with Gasteiger partial charge >= 0.3 is 0 Å². The molecule has 5 nitrogen and oxygen atoms in total. The average Bonchev–Trinajstić information content (AvgIpc) is 3.00. The molecule has 0 amide bonds. The molecular weight excluding hydrogens is 284 g/mol. The van der Waals surface area contributed by atoms with Crippen molar-refractivity contribution in [2.24, 2.45) is 0 Å². The Balaban J connectivity index is 1.74. The van der Waals surface area contributed by atoms with E-state index in [9.17, 15) is 4.79 Å². The number of ether oxygens (including phenoxy) is 4. The molecule has 0 fully saturated rings. The number of Topliss-reactive ketones (excluding diaryl/α,β-unsaturated/α-hetero) is 1. The molecule has 0 N–H and O–H groups in total. The lowest BCUT2D eigenvalue weighted by molar-refractivity contribution is 0.101. The van der Waals surface area contributed by atoms with Gasteiger partial charge in [-0.1, -0.05) is 6.07 Å². The number of carbonyl (C=O) groups is 1. The van der Waals surface area contributed by atoms with Crippen molar-refractivity contribution < 1.29 is 23.7 Å². The van der Waals surface area contributed by atoms with E-state index in [-0.39, 0.29) is 12.6 Å². The number of carbonyl (C=O) groups excluding carboxylic acids is 1. The Morgan fingerprint density at radius 3 is 2.68 bits per heavy atom. The molecule has 0 unspecified atom stereocenters. The summed E-state index contributed by atoms with van der Waals surface area (Å²) in [6.07, 6.45) is 0. The summed E-state index contributed by atoms with van der Waals surface area (Å²) in [4.78, 5) is 11.4. The fourth-order valence-electron chi connectivity index (χ4n) is 2.20. The monoisotopic (exact) mass is 300 g/mol. The number of fused-ring (bicyclic) bond motifs is 1. The van der Waals surface area contributed by atoms with Crippen LogP contribution in [0.5, 0.6) is 23.0 Å². The topological polar surface area (TPSA) is 54.0 Å². The predicted octanol–water partition coefficient (Wildman–Crippen LogP) is 3.21. The Bertz CT molecular complexity index is 708. The molecule has 0 saturated heterocycles. The minimum absolute atomic E-state index is 0.0133. The summed E-state index contributed by atoms with van der Waals surface area (Å²) in [6.45, 7) is 2.13. The summed E-state index contributed by atoms with van der Waals surface area (Å²) in [5.74, 6) is 2.58. The molecule has 2 aromatic rings. The fourth-order valence-corrected chi connectivity index (χ4v) is 2.20. The number of hydrogen-bond donors (Lipinski definition) is 0. The maximum atomic E-state index is 11.4. The summed E-state index contributed by atoms with van der Waals surface area (Å²) in [6, 6.07) is 10.8. The Morgan fingerprint density at radius 1 is 1.09 bits per heavy atom. The number of methoxy groups -OCH3 is 1. The van der Waals surface area contributed by atoms with Gasteiger partial charge in [0.05, 0.1) is 7.11 Å². The standard InChI is InChI=1S/C17H16O5/c1-11(18)13-4-6-14(16(8-13)19-2)20-9-12-3-5-15-17(7-12)22-10-21-15/h3-8H,9-10H2,1-2H3. The highest BCUT2D eigenvalue weighted by atomic mass is 16.7. The van der Waals surface area contributed by atoms with E-state index in [0.29, 0.717) is 23.7 Å². The van der Waals surface area contributed by atoms with Gasteiger partial charge in [-0.25, -0.2) is 0 Å². The maximum Gasteiger partial charge on any atom is 0.231 e. The summed E-state index contributed by atoms with van der Waals surface area (Å²) >= 11 is 0. The van der Waals surface area contributed by atoms with E-state index in [2.05, 4.69) is 0 Å². The van der Waals surface area contributed by atoms with E-state index in [0.717, 1.165) is 17.1 Å². The Morgan fingerprint density at radius 2 is 1.91 bits per heavy atom. The van der Waals surface area contributed by atoms with Crippen molar-refractivity contribution >= 4 is 5.78 Å². The zero-order valence-electron chi connectivity index (χ0n) is 12.4. The van der Waals surface area contributed by atoms with E-state index in [4.69, 9.17) is 18.9 Å². The van der Waals surface area contributed by atoms with Crippen molar-refractivity contribution in [3.63, 3.8) is 0 Å². The van der Waals surface area contributed by atoms with E-state index < -0.39 is 0 Å². The lowest BCUT2D eigenvalue weighted by Gasteiger charge is -2.12. The van der Waals surface area contributed by atoms with E-state index in [1.807, 2.05) is 18.2 Å². The van der Waals surface area contributed by atoms with Crippen molar-refractivity contribution in [1.82, 2.24) is 0 Å². The van der Waals surface area contributed by atoms with Gasteiger partial charge in [0.2, 0.25) is 6.79 Å². The first-order valence-electron chi connectivity index (χ1n) is 6.87. The van der Waals surface area contributed by atoms with Crippen LogP contribution in [-0.2, 0) is 6.61 Å².